The number of hydrogen-bond acceptors (Lipinski definition) is 4. The molecule has 0 fully saturated rings. The molecule has 6 heteroatoms. The molecule has 0 saturated carbocycles. The largest absolute Gasteiger partial charge is 0.352 e. The van der Waals surface area contributed by atoms with Crippen LogP contribution in [0.2, 0.25) is 0 Å². The first-order valence-electron chi connectivity index (χ1n) is 8.74. The number of halogens is 1. The zero-order valence-electron chi connectivity index (χ0n) is 15.2. The molecule has 2 N–H and O–H groups in total. The van der Waals surface area contributed by atoms with E-state index < -0.39 is 0 Å². The van der Waals surface area contributed by atoms with Gasteiger partial charge in [-0.1, -0.05) is 19.9 Å². The Balaban J connectivity index is 1.76. The maximum atomic E-state index is 13.1. The lowest BCUT2D eigenvalue weighted by Gasteiger charge is -2.10. The molecule has 0 spiro atoms. The Hall–Kier alpha value is -3.28. The molecular weight excluding hydrogens is 343 g/mol. The van der Waals surface area contributed by atoms with Gasteiger partial charge in [-0.2, -0.15) is 0 Å². The van der Waals surface area contributed by atoms with Crippen molar-refractivity contribution in [3.63, 3.8) is 0 Å². The monoisotopic (exact) mass is 364 g/mol. The minimum Gasteiger partial charge on any atom is -0.352 e. The van der Waals surface area contributed by atoms with Gasteiger partial charge in [-0.15, -0.1) is 0 Å². The smallest absolute Gasteiger partial charge is 0.251 e. The Morgan fingerprint density at radius 2 is 1.85 bits per heavy atom. The maximum Gasteiger partial charge on any atom is 0.251 e. The van der Waals surface area contributed by atoms with Gasteiger partial charge in [-0.3, -0.25) is 4.79 Å². The molecule has 138 valence electrons. The summed E-state index contributed by atoms with van der Waals surface area (Å²) in [4.78, 5) is 20.7. The molecule has 0 bridgehead atoms. The van der Waals surface area contributed by atoms with Crippen LogP contribution in [-0.2, 0) is 0 Å². The molecule has 0 aliphatic heterocycles. The van der Waals surface area contributed by atoms with Crippen LogP contribution in [0.5, 0.6) is 0 Å². The predicted molar refractivity (Wildman–Crippen MR) is 104 cm³/mol. The lowest BCUT2D eigenvalue weighted by atomic mass is 10.1. The second-order valence-electron chi connectivity index (χ2n) is 6.61. The van der Waals surface area contributed by atoms with Crippen molar-refractivity contribution in [2.75, 3.05) is 11.9 Å². The van der Waals surface area contributed by atoms with Gasteiger partial charge in [-0.25, -0.2) is 14.4 Å². The van der Waals surface area contributed by atoms with Crippen molar-refractivity contribution in [1.29, 1.82) is 0 Å². The van der Waals surface area contributed by atoms with E-state index in [-0.39, 0.29) is 11.7 Å². The number of carbonyl (C=O) groups is 1. The highest BCUT2D eigenvalue weighted by atomic mass is 19.1. The molecular formula is C21H21FN4O. The third kappa shape index (κ3) is 5.10. The van der Waals surface area contributed by atoms with Gasteiger partial charge < -0.3 is 10.6 Å². The topological polar surface area (TPSA) is 66.9 Å². The van der Waals surface area contributed by atoms with Crippen LogP contribution < -0.4 is 10.6 Å². The van der Waals surface area contributed by atoms with E-state index in [9.17, 15) is 9.18 Å². The van der Waals surface area contributed by atoms with E-state index in [1.54, 1.807) is 30.3 Å². The molecule has 1 aromatic heterocycles. The molecule has 0 atom stereocenters. The molecule has 3 rings (SSSR count). The molecule has 0 aliphatic carbocycles. The molecule has 0 saturated heterocycles. The molecule has 5 nitrogen and oxygen atoms in total. The molecule has 2 aromatic carbocycles. The molecule has 0 aliphatic rings. The summed E-state index contributed by atoms with van der Waals surface area (Å²) in [7, 11) is 0. The summed E-state index contributed by atoms with van der Waals surface area (Å²) < 4.78 is 13.1. The molecule has 0 radical (unpaired) electrons. The minimum atomic E-state index is -0.293. The molecule has 27 heavy (non-hydrogen) atoms. The fourth-order valence-corrected chi connectivity index (χ4v) is 2.49. The van der Waals surface area contributed by atoms with Gasteiger partial charge in [0.05, 0.1) is 5.69 Å². The van der Waals surface area contributed by atoms with Gasteiger partial charge in [0.25, 0.3) is 5.91 Å². The van der Waals surface area contributed by atoms with Crippen LogP contribution in [-0.4, -0.2) is 22.4 Å². The van der Waals surface area contributed by atoms with E-state index in [0.29, 0.717) is 29.5 Å². The Labute approximate surface area is 157 Å². The maximum absolute atomic E-state index is 13.1. The predicted octanol–water partition coefficient (Wildman–Crippen LogP) is 4.41. The Morgan fingerprint density at radius 3 is 2.59 bits per heavy atom. The van der Waals surface area contributed by atoms with Gasteiger partial charge in [0, 0.05) is 29.4 Å². The lowest BCUT2D eigenvalue weighted by molar-refractivity contribution is 0.0949. The summed E-state index contributed by atoms with van der Waals surface area (Å²) in [5.74, 6) is 0.575. The van der Waals surface area contributed by atoms with Gasteiger partial charge in [0.1, 0.15) is 18.0 Å². The number of aromatic nitrogens is 2. The molecule has 1 heterocycles. The molecule has 1 amide bonds. The second-order valence-corrected chi connectivity index (χ2v) is 6.61. The van der Waals surface area contributed by atoms with Crippen LogP contribution in [0.15, 0.2) is 60.9 Å². The van der Waals surface area contributed by atoms with Gasteiger partial charge in [0.2, 0.25) is 0 Å². The highest BCUT2D eigenvalue weighted by Crippen LogP contribution is 2.22. The Bertz CT molecular complexity index is 925. The first-order chi connectivity index (χ1) is 13.0. The average molecular weight is 364 g/mol. The SMILES string of the molecule is CC(C)CNC(=O)c1cccc(Nc2cc(-c3ccc(F)cc3)ncn2)c1. The molecule has 0 unspecified atom stereocenters. The summed E-state index contributed by atoms with van der Waals surface area (Å²) in [5, 5.41) is 6.08. The second kappa shape index (κ2) is 8.40. The first-order valence-corrected chi connectivity index (χ1v) is 8.74. The summed E-state index contributed by atoms with van der Waals surface area (Å²) >= 11 is 0. The van der Waals surface area contributed by atoms with Crippen LogP contribution in [0.1, 0.15) is 24.2 Å². The van der Waals surface area contributed by atoms with Crippen molar-refractivity contribution in [2.24, 2.45) is 5.92 Å². The van der Waals surface area contributed by atoms with Crippen molar-refractivity contribution in [1.82, 2.24) is 15.3 Å². The van der Waals surface area contributed by atoms with Gasteiger partial charge >= 0.3 is 0 Å². The minimum absolute atomic E-state index is 0.109. The van der Waals surface area contributed by atoms with Crippen molar-refractivity contribution >= 4 is 17.4 Å². The fraction of sp³-hybridized carbons (Fsp3) is 0.190. The summed E-state index contributed by atoms with van der Waals surface area (Å²) in [6, 6.07) is 15.1. The van der Waals surface area contributed by atoms with E-state index in [1.807, 2.05) is 26.0 Å². The van der Waals surface area contributed by atoms with E-state index in [2.05, 4.69) is 20.6 Å². The summed E-state index contributed by atoms with van der Waals surface area (Å²) in [6.07, 6.45) is 1.44. The van der Waals surface area contributed by atoms with E-state index in [1.165, 1.54) is 18.5 Å². The fourth-order valence-electron chi connectivity index (χ4n) is 2.49. The number of rotatable bonds is 6. The van der Waals surface area contributed by atoms with Gasteiger partial charge in [-0.05, 0) is 48.4 Å². The number of amides is 1. The number of anilines is 2. The first kappa shape index (κ1) is 18.5. The Morgan fingerprint density at radius 1 is 1.07 bits per heavy atom. The van der Waals surface area contributed by atoms with Crippen molar-refractivity contribution < 1.29 is 9.18 Å². The van der Waals surface area contributed by atoms with Crippen molar-refractivity contribution in [3.8, 4) is 11.3 Å². The van der Waals surface area contributed by atoms with E-state index in [0.717, 1.165) is 11.3 Å². The Kier molecular flexibility index (Phi) is 5.76. The third-order valence-electron chi connectivity index (χ3n) is 3.88. The van der Waals surface area contributed by atoms with Crippen molar-refractivity contribution in [3.05, 3.63) is 72.3 Å². The number of hydrogen-bond donors (Lipinski definition) is 2. The highest BCUT2D eigenvalue weighted by molar-refractivity contribution is 5.95. The normalized spacial score (nSPS) is 10.7. The number of benzene rings is 2. The summed E-state index contributed by atoms with van der Waals surface area (Å²) in [5.41, 5.74) is 2.80. The standard InChI is InChI=1S/C21H21FN4O/c1-14(2)12-23-21(27)16-4-3-5-18(10-16)26-20-11-19(24-13-25-20)15-6-8-17(22)9-7-15/h3-11,13-14H,12H2,1-2H3,(H,23,27)(H,24,25,26). The zero-order chi connectivity index (χ0) is 19.2. The van der Waals surface area contributed by atoms with Crippen LogP contribution >= 0.6 is 0 Å². The van der Waals surface area contributed by atoms with Crippen LogP contribution in [0, 0.1) is 11.7 Å². The lowest BCUT2D eigenvalue weighted by Crippen LogP contribution is -2.27. The number of nitrogens with one attached hydrogen (secondary N) is 2. The highest BCUT2D eigenvalue weighted by Gasteiger charge is 2.08. The van der Waals surface area contributed by atoms with Crippen molar-refractivity contribution in [2.45, 2.75) is 13.8 Å². The van der Waals surface area contributed by atoms with E-state index in [4.69, 9.17) is 0 Å². The van der Waals surface area contributed by atoms with E-state index >= 15 is 0 Å². The third-order valence-corrected chi connectivity index (χ3v) is 3.88. The van der Waals surface area contributed by atoms with Crippen LogP contribution in [0.4, 0.5) is 15.9 Å². The zero-order valence-corrected chi connectivity index (χ0v) is 15.2. The van der Waals surface area contributed by atoms with Crippen LogP contribution in [0.25, 0.3) is 11.3 Å². The number of nitrogens with zero attached hydrogens (tertiary/aromatic N) is 2. The van der Waals surface area contributed by atoms with Gasteiger partial charge in [0.15, 0.2) is 0 Å². The van der Waals surface area contributed by atoms with Crippen LogP contribution in [0.3, 0.4) is 0 Å². The number of carbonyl (C=O) groups excluding carboxylic acids is 1. The molecule has 3 aromatic rings. The average Bonchev–Trinajstić information content (AvgIpc) is 2.67. The summed E-state index contributed by atoms with van der Waals surface area (Å²) in [6.45, 7) is 4.72. The quantitative estimate of drug-likeness (QED) is 0.680.